The molecule has 0 fully saturated rings. The zero-order valence-electron chi connectivity index (χ0n) is 11.2. The molecule has 0 saturated heterocycles. The lowest BCUT2D eigenvalue weighted by atomic mass is 9.99. The van der Waals surface area contributed by atoms with Crippen LogP contribution in [0.15, 0.2) is 18.2 Å². The first-order chi connectivity index (χ1) is 8.45. The molecule has 100 valence electrons. The van der Waals surface area contributed by atoms with Crippen molar-refractivity contribution in [3.63, 3.8) is 0 Å². The fourth-order valence-electron chi connectivity index (χ4n) is 1.57. The van der Waals surface area contributed by atoms with E-state index in [1.54, 1.807) is 19.1 Å². The van der Waals surface area contributed by atoms with E-state index in [2.05, 4.69) is 5.32 Å². The average Bonchev–Trinajstić information content (AvgIpc) is 2.37. The number of amides is 1. The Morgan fingerprint density at radius 2 is 2.17 bits per heavy atom. The van der Waals surface area contributed by atoms with Crippen molar-refractivity contribution in [3.05, 3.63) is 35.1 Å². The lowest BCUT2D eigenvalue weighted by molar-refractivity contribution is -0.123. The van der Waals surface area contributed by atoms with Crippen LogP contribution in [0, 0.1) is 18.7 Å². The van der Waals surface area contributed by atoms with Crippen LogP contribution >= 0.6 is 0 Å². The van der Waals surface area contributed by atoms with Crippen LogP contribution in [0.25, 0.3) is 0 Å². The summed E-state index contributed by atoms with van der Waals surface area (Å²) in [5, 5.41) is 2.73. The van der Waals surface area contributed by atoms with Crippen molar-refractivity contribution in [1.29, 1.82) is 0 Å². The van der Waals surface area contributed by atoms with Crippen LogP contribution in [0.4, 0.5) is 4.39 Å². The Balaban J connectivity index is 2.54. The summed E-state index contributed by atoms with van der Waals surface area (Å²) < 4.78 is 13.3. The molecule has 0 aromatic heterocycles. The summed E-state index contributed by atoms with van der Waals surface area (Å²) in [5.74, 6) is -0.307. The van der Waals surface area contributed by atoms with E-state index in [1.165, 1.54) is 6.07 Å². The molecule has 4 heteroatoms. The van der Waals surface area contributed by atoms with Crippen LogP contribution in [0.5, 0.6) is 0 Å². The highest BCUT2D eigenvalue weighted by Gasteiger charge is 2.18. The number of aryl methyl sites for hydroxylation is 1. The lowest BCUT2D eigenvalue weighted by Gasteiger charge is -2.17. The van der Waals surface area contributed by atoms with Gasteiger partial charge in [-0.15, -0.1) is 0 Å². The fraction of sp³-hybridized carbons (Fsp3) is 0.500. The van der Waals surface area contributed by atoms with Crippen LogP contribution in [0.2, 0.25) is 0 Å². The highest BCUT2D eigenvalue weighted by atomic mass is 19.1. The van der Waals surface area contributed by atoms with E-state index in [0.29, 0.717) is 12.1 Å². The number of benzene rings is 1. The van der Waals surface area contributed by atoms with E-state index in [4.69, 9.17) is 5.73 Å². The van der Waals surface area contributed by atoms with E-state index in [1.807, 2.05) is 13.8 Å². The van der Waals surface area contributed by atoms with E-state index in [0.717, 1.165) is 12.0 Å². The minimum atomic E-state index is -0.509. The molecule has 0 spiro atoms. The molecular formula is C14H21FN2O. The van der Waals surface area contributed by atoms with Gasteiger partial charge in [0, 0.05) is 6.54 Å². The Morgan fingerprint density at radius 1 is 1.50 bits per heavy atom. The first-order valence-electron chi connectivity index (χ1n) is 6.24. The Bertz CT molecular complexity index is 420. The molecule has 0 aliphatic rings. The predicted molar refractivity (Wildman–Crippen MR) is 70.4 cm³/mol. The topological polar surface area (TPSA) is 55.1 Å². The SMILES string of the molecule is CCC(C)C(N)C(=O)NCc1ccc(C)c(F)c1. The smallest absolute Gasteiger partial charge is 0.237 e. The molecule has 0 aliphatic heterocycles. The van der Waals surface area contributed by atoms with Gasteiger partial charge in [-0.1, -0.05) is 32.4 Å². The van der Waals surface area contributed by atoms with Gasteiger partial charge in [0.15, 0.2) is 0 Å². The number of nitrogens with two attached hydrogens (primary N) is 1. The van der Waals surface area contributed by atoms with E-state index >= 15 is 0 Å². The monoisotopic (exact) mass is 252 g/mol. The van der Waals surface area contributed by atoms with Crippen LogP contribution in [0.1, 0.15) is 31.4 Å². The Kier molecular flexibility index (Phi) is 5.28. The normalized spacial score (nSPS) is 14.1. The van der Waals surface area contributed by atoms with Gasteiger partial charge in [-0.3, -0.25) is 4.79 Å². The van der Waals surface area contributed by atoms with Crippen molar-refractivity contribution in [1.82, 2.24) is 5.32 Å². The predicted octanol–water partition coefficient (Wildman–Crippen LogP) is 2.12. The maximum Gasteiger partial charge on any atom is 0.237 e. The zero-order valence-corrected chi connectivity index (χ0v) is 11.2. The third-order valence-corrected chi connectivity index (χ3v) is 3.26. The first-order valence-corrected chi connectivity index (χ1v) is 6.24. The molecule has 2 unspecified atom stereocenters. The van der Waals surface area contributed by atoms with Crippen molar-refractivity contribution < 1.29 is 9.18 Å². The standard InChI is InChI=1S/C14H21FN2O/c1-4-9(2)13(16)14(18)17-8-11-6-5-10(3)12(15)7-11/h5-7,9,13H,4,8,16H2,1-3H3,(H,17,18). The molecule has 0 saturated carbocycles. The molecule has 3 nitrogen and oxygen atoms in total. The molecule has 0 heterocycles. The second-order valence-corrected chi connectivity index (χ2v) is 4.71. The summed E-state index contributed by atoms with van der Waals surface area (Å²) in [4.78, 5) is 11.7. The van der Waals surface area contributed by atoms with Gasteiger partial charge in [-0.2, -0.15) is 0 Å². The van der Waals surface area contributed by atoms with Gasteiger partial charge in [-0.05, 0) is 30.0 Å². The molecule has 3 N–H and O–H groups in total. The Morgan fingerprint density at radius 3 is 2.72 bits per heavy atom. The molecule has 1 aromatic carbocycles. The van der Waals surface area contributed by atoms with Gasteiger partial charge in [0.1, 0.15) is 5.82 Å². The summed E-state index contributed by atoms with van der Waals surface area (Å²) in [5.41, 5.74) is 7.14. The second kappa shape index (κ2) is 6.50. The number of hydrogen-bond acceptors (Lipinski definition) is 2. The summed E-state index contributed by atoms with van der Waals surface area (Å²) >= 11 is 0. The molecule has 0 bridgehead atoms. The molecule has 1 amide bonds. The molecular weight excluding hydrogens is 231 g/mol. The van der Waals surface area contributed by atoms with Crippen molar-refractivity contribution in [2.75, 3.05) is 0 Å². The van der Waals surface area contributed by atoms with E-state index in [9.17, 15) is 9.18 Å². The van der Waals surface area contributed by atoms with Crippen molar-refractivity contribution in [2.24, 2.45) is 11.7 Å². The summed E-state index contributed by atoms with van der Waals surface area (Å²) in [7, 11) is 0. The quantitative estimate of drug-likeness (QED) is 0.843. The van der Waals surface area contributed by atoms with E-state index in [-0.39, 0.29) is 17.6 Å². The van der Waals surface area contributed by atoms with Gasteiger partial charge in [0.25, 0.3) is 0 Å². The van der Waals surface area contributed by atoms with Gasteiger partial charge in [-0.25, -0.2) is 4.39 Å². The minimum Gasteiger partial charge on any atom is -0.351 e. The van der Waals surface area contributed by atoms with Gasteiger partial charge < -0.3 is 11.1 Å². The zero-order chi connectivity index (χ0) is 13.7. The number of hydrogen-bond donors (Lipinski definition) is 2. The van der Waals surface area contributed by atoms with Crippen molar-refractivity contribution >= 4 is 5.91 Å². The number of rotatable bonds is 5. The maximum atomic E-state index is 13.3. The van der Waals surface area contributed by atoms with Crippen molar-refractivity contribution in [2.45, 2.75) is 39.8 Å². The third-order valence-electron chi connectivity index (χ3n) is 3.26. The molecule has 1 aromatic rings. The highest BCUT2D eigenvalue weighted by Crippen LogP contribution is 2.09. The molecule has 1 rings (SSSR count). The second-order valence-electron chi connectivity index (χ2n) is 4.71. The van der Waals surface area contributed by atoms with Crippen LogP contribution in [0.3, 0.4) is 0 Å². The number of nitrogens with one attached hydrogen (secondary N) is 1. The largest absolute Gasteiger partial charge is 0.351 e. The molecule has 0 aliphatic carbocycles. The summed E-state index contributed by atoms with van der Waals surface area (Å²) in [6, 6.07) is 4.42. The first kappa shape index (κ1) is 14.6. The Labute approximate surface area is 108 Å². The van der Waals surface area contributed by atoms with Crippen LogP contribution in [-0.4, -0.2) is 11.9 Å². The maximum absolute atomic E-state index is 13.3. The molecule has 0 radical (unpaired) electrons. The minimum absolute atomic E-state index is 0.139. The third kappa shape index (κ3) is 3.81. The average molecular weight is 252 g/mol. The Hall–Kier alpha value is -1.42. The lowest BCUT2D eigenvalue weighted by Crippen LogP contribution is -2.44. The van der Waals surface area contributed by atoms with Crippen LogP contribution in [-0.2, 0) is 11.3 Å². The molecule has 2 atom stereocenters. The van der Waals surface area contributed by atoms with Gasteiger partial charge in [0.05, 0.1) is 6.04 Å². The number of halogens is 1. The van der Waals surface area contributed by atoms with E-state index < -0.39 is 6.04 Å². The van der Waals surface area contributed by atoms with Crippen LogP contribution < -0.4 is 11.1 Å². The van der Waals surface area contributed by atoms with Gasteiger partial charge in [0.2, 0.25) is 5.91 Å². The number of carbonyl (C=O) groups is 1. The highest BCUT2D eigenvalue weighted by molar-refractivity contribution is 5.81. The molecule has 18 heavy (non-hydrogen) atoms. The summed E-state index contributed by atoms with van der Waals surface area (Å²) in [6.07, 6.45) is 0.855. The summed E-state index contributed by atoms with van der Waals surface area (Å²) in [6.45, 7) is 5.94. The van der Waals surface area contributed by atoms with Gasteiger partial charge >= 0.3 is 0 Å². The fourth-order valence-corrected chi connectivity index (χ4v) is 1.57. The van der Waals surface area contributed by atoms with Crippen molar-refractivity contribution in [3.8, 4) is 0 Å². The number of carbonyl (C=O) groups excluding carboxylic acids is 1.